The minimum absolute atomic E-state index is 0.678. The van der Waals surface area contributed by atoms with Gasteiger partial charge in [0.05, 0.1) is 0 Å². The van der Waals surface area contributed by atoms with E-state index in [2.05, 4.69) is 47.3 Å². The zero-order valence-corrected chi connectivity index (χ0v) is 10.7. The van der Waals surface area contributed by atoms with Crippen LogP contribution >= 0.6 is 0 Å². The fraction of sp³-hybridized carbons (Fsp3) is 0.267. The van der Waals surface area contributed by atoms with Gasteiger partial charge in [0.2, 0.25) is 0 Å². The van der Waals surface area contributed by atoms with Gasteiger partial charge in [0.1, 0.15) is 0 Å². The normalized spacial score (nSPS) is 10.3. The van der Waals surface area contributed by atoms with Gasteiger partial charge in [0.15, 0.2) is 0 Å². The van der Waals surface area contributed by atoms with Gasteiger partial charge in [0.25, 0.3) is 0 Å². The summed E-state index contributed by atoms with van der Waals surface area (Å²) in [6.07, 6.45) is 4.61. The van der Waals surface area contributed by atoms with Crippen LogP contribution in [0.25, 0.3) is 0 Å². The van der Waals surface area contributed by atoms with Crippen LogP contribution in [-0.4, -0.2) is 18.6 Å². The van der Waals surface area contributed by atoms with Gasteiger partial charge in [-0.2, -0.15) is 0 Å². The highest BCUT2D eigenvalue weighted by atomic mass is 15.1. The molecule has 2 N–H and O–H groups in total. The molecule has 0 unspecified atom stereocenters. The van der Waals surface area contributed by atoms with Crippen molar-refractivity contribution < 1.29 is 0 Å². The Morgan fingerprint density at radius 1 is 1.17 bits per heavy atom. The number of anilines is 1. The highest BCUT2D eigenvalue weighted by Crippen LogP contribution is 2.21. The second kappa shape index (κ2) is 6.17. The van der Waals surface area contributed by atoms with Crippen molar-refractivity contribution in [3.8, 4) is 0 Å². The zero-order chi connectivity index (χ0) is 12.8. The fourth-order valence-electron chi connectivity index (χ4n) is 2.10. The van der Waals surface area contributed by atoms with E-state index in [4.69, 9.17) is 5.73 Å². The number of aromatic nitrogens is 1. The third kappa shape index (κ3) is 3.08. The molecular weight excluding hydrogens is 222 g/mol. The van der Waals surface area contributed by atoms with E-state index >= 15 is 0 Å². The highest BCUT2D eigenvalue weighted by Gasteiger charge is 2.06. The van der Waals surface area contributed by atoms with Crippen molar-refractivity contribution in [3.05, 3.63) is 59.9 Å². The molecule has 0 spiro atoms. The van der Waals surface area contributed by atoms with Gasteiger partial charge in [-0.3, -0.25) is 4.98 Å². The Morgan fingerprint density at radius 2 is 2.00 bits per heavy atom. The molecule has 0 saturated heterocycles. The van der Waals surface area contributed by atoms with Gasteiger partial charge < -0.3 is 10.6 Å². The lowest BCUT2D eigenvalue weighted by molar-refractivity contribution is 0.888. The maximum atomic E-state index is 5.65. The minimum Gasteiger partial charge on any atom is -0.370 e. The molecule has 0 aliphatic heterocycles. The molecule has 2 rings (SSSR count). The molecular formula is C15H19N3. The maximum absolute atomic E-state index is 5.65. The standard InChI is InChI=1S/C15H19N3/c1-18(12-13-5-4-10-17-11-13)15-7-3-2-6-14(15)8-9-16/h2-7,10-11H,8-9,12,16H2,1H3. The molecule has 3 heteroatoms. The van der Waals surface area contributed by atoms with Gasteiger partial charge >= 0.3 is 0 Å². The van der Waals surface area contributed by atoms with Crippen LogP contribution in [0.5, 0.6) is 0 Å². The molecule has 0 bridgehead atoms. The largest absolute Gasteiger partial charge is 0.370 e. The van der Waals surface area contributed by atoms with Gasteiger partial charge in [-0.05, 0) is 36.2 Å². The lowest BCUT2D eigenvalue weighted by Crippen LogP contribution is -2.19. The van der Waals surface area contributed by atoms with Crippen molar-refractivity contribution in [2.24, 2.45) is 5.73 Å². The first kappa shape index (κ1) is 12.6. The predicted molar refractivity (Wildman–Crippen MR) is 75.5 cm³/mol. The van der Waals surface area contributed by atoms with E-state index in [1.807, 2.05) is 12.3 Å². The average molecular weight is 241 g/mol. The second-order valence-corrected chi connectivity index (χ2v) is 4.38. The van der Waals surface area contributed by atoms with Gasteiger partial charge in [-0.25, -0.2) is 0 Å². The number of para-hydroxylation sites is 1. The molecule has 0 radical (unpaired) electrons. The van der Waals surface area contributed by atoms with Crippen LogP contribution in [-0.2, 0) is 13.0 Å². The summed E-state index contributed by atoms with van der Waals surface area (Å²) in [6, 6.07) is 12.5. The topological polar surface area (TPSA) is 42.2 Å². The van der Waals surface area contributed by atoms with E-state index in [0.717, 1.165) is 13.0 Å². The molecule has 1 aromatic carbocycles. The molecule has 0 aliphatic rings. The van der Waals surface area contributed by atoms with Crippen LogP contribution in [0.15, 0.2) is 48.8 Å². The van der Waals surface area contributed by atoms with Crippen LogP contribution in [0.4, 0.5) is 5.69 Å². The Hall–Kier alpha value is -1.87. The van der Waals surface area contributed by atoms with Crippen molar-refractivity contribution in [2.75, 3.05) is 18.5 Å². The molecule has 0 atom stereocenters. The quantitative estimate of drug-likeness (QED) is 0.872. The van der Waals surface area contributed by atoms with Crippen LogP contribution in [0.1, 0.15) is 11.1 Å². The number of rotatable bonds is 5. The summed E-state index contributed by atoms with van der Waals surface area (Å²) in [5.74, 6) is 0. The number of pyridine rings is 1. The van der Waals surface area contributed by atoms with E-state index in [9.17, 15) is 0 Å². The number of hydrogen-bond acceptors (Lipinski definition) is 3. The van der Waals surface area contributed by atoms with Gasteiger partial charge in [-0.1, -0.05) is 24.3 Å². The van der Waals surface area contributed by atoms with E-state index in [1.165, 1.54) is 16.8 Å². The molecule has 2 aromatic rings. The lowest BCUT2D eigenvalue weighted by Gasteiger charge is -2.22. The van der Waals surface area contributed by atoms with Crippen LogP contribution in [0.3, 0.4) is 0 Å². The monoisotopic (exact) mass is 241 g/mol. The predicted octanol–water partition coefficient (Wildman–Crippen LogP) is 2.22. The molecule has 18 heavy (non-hydrogen) atoms. The van der Waals surface area contributed by atoms with Crippen molar-refractivity contribution in [1.29, 1.82) is 0 Å². The minimum atomic E-state index is 0.678. The average Bonchev–Trinajstić information content (AvgIpc) is 2.41. The van der Waals surface area contributed by atoms with Crippen LogP contribution < -0.4 is 10.6 Å². The number of hydrogen-bond donors (Lipinski definition) is 1. The van der Waals surface area contributed by atoms with E-state index in [-0.39, 0.29) is 0 Å². The Bertz CT molecular complexity index is 482. The number of benzene rings is 1. The number of nitrogens with zero attached hydrogens (tertiary/aromatic N) is 2. The van der Waals surface area contributed by atoms with E-state index < -0.39 is 0 Å². The van der Waals surface area contributed by atoms with Crippen molar-refractivity contribution >= 4 is 5.69 Å². The third-order valence-electron chi connectivity index (χ3n) is 2.96. The van der Waals surface area contributed by atoms with Gasteiger partial charge in [-0.15, -0.1) is 0 Å². The summed E-state index contributed by atoms with van der Waals surface area (Å²) in [7, 11) is 2.10. The molecule has 0 fully saturated rings. The Morgan fingerprint density at radius 3 is 2.72 bits per heavy atom. The Kier molecular flexibility index (Phi) is 4.31. The summed E-state index contributed by atoms with van der Waals surface area (Å²) < 4.78 is 0. The number of nitrogens with two attached hydrogens (primary N) is 1. The first-order valence-corrected chi connectivity index (χ1v) is 6.19. The third-order valence-corrected chi connectivity index (χ3v) is 2.96. The van der Waals surface area contributed by atoms with Crippen molar-refractivity contribution in [2.45, 2.75) is 13.0 Å². The SMILES string of the molecule is CN(Cc1cccnc1)c1ccccc1CCN. The molecule has 0 saturated carbocycles. The fourth-order valence-corrected chi connectivity index (χ4v) is 2.10. The highest BCUT2D eigenvalue weighted by molar-refractivity contribution is 5.53. The van der Waals surface area contributed by atoms with Crippen LogP contribution in [0, 0.1) is 0 Å². The smallest absolute Gasteiger partial charge is 0.0441 e. The molecule has 94 valence electrons. The first-order valence-electron chi connectivity index (χ1n) is 6.19. The summed E-state index contributed by atoms with van der Waals surface area (Å²) in [6.45, 7) is 1.53. The second-order valence-electron chi connectivity index (χ2n) is 4.38. The lowest BCUT2D eigenvalue weighted by atomic mass is 10.1. The summed E-state index contributed by atoms with van der Waals surface area (Å²) >= 11 is 0. The molecule has 1 aromatic heterocycles. The van der Waals surface area contributed by atoms with Crippen LogP contribution in [0.2, 0.25) is 0 Å². The van der Waals surface area contributed by atoms with E-state index in [0.29, 0.717) is 6.54 Å². The molecule has 0 aliphatic carbocycles. The Balaban J connectivity index is 2.16. The summed E-state index contributed by atoms with van der Waals surface area (Å²) in [4.78, 5) is 6.38. The van der Waals surface area contributed by atoms with Crippen molar-refractivity contribution in [1.82, 2.24) is 4.98 Å². The maximum Gasteiger partial charge on any atom is 0.0441 e. The molecule has 0 amide bonds. The Labute approximate surface area is 108 Å². The van der Waals surface area contributed by atoms with Gasteiger partial charge in [0, 0.05) is 31.7 Å². The zero-order valence-electron chi connectivity index (χ0n) is 10.7. The molecule has 3 nitrogen and oxygen atoms in total. The first-order chi connectivity index (χ1) is 8.81. The summed E-state index contributed by atoms with van der Waals surface area (Å²) in [5, 5.41) is 0. The van der Waals surface area contributed by atoms with Crippen molar-refractivity contribution in [3.63, 3.8) is 0 Å². The molecule has 1 heterocycles. The van der Waals surface area contributed by atoms with E-state index in [1.54, 1.807) is 6.20 Å². The summed E-state index contributed by atoms with van der Waals surface area (Å²) in [5.41, 5.74) is 9.40.